The van der Waals surface area contributed by atoms with E-state index in [9.17, 15) is 8.42 Å². The summed E-state index contributed by atoms with van der Waals surface area (Å²) in [5.41, 5.74) is 3.98. The van der Waals surface area contributed by atoms with Crippen molar-refractivity contribution in [1.82, 2.24) is 0 Å². The Morgan fingerprint density at radius 3 is 2.66 bits per heavy atom. The molecule has 0 aliphatic carbocycles. The smallest absolute Gasteiger partial charge is 0.213 e. The fraction of sp³-hybridized carbons (Fsp3) is 0.143. The predicted molar refractivity (Wildman–Crippen MR) is 117 cm³/mol. The van der Waals surface area contributed by atoms with Gasteiger partial charge < -0.3 is 9.47 Å². The summed E-state index contributed by atoms with van der Waals surface area (Å²) in [5.74, 6) is 1.06. The Labute approximate surface area is 182 Å². The highest BCUT2D eigenvalue weighted by atomic mass is 79.9. The molecular formula is C21H17BrClNO4S. The minimum Gasteiger partial charge on any atom is -0.496 e. The average Bonchev–Trinajstić information content (AvgIpc) is 2.65. The van der Waals surface area contributed by atoms with Crippen molar-refractivity contribution < 1.29 is 17.9 Å². The van der Waals surface area contributed by atoms with Crippen LogP contribution in [0, 0.1) is 0 Å². The number of primary sulfonamides is 1. The van der Waals surface area contributed by atoms with Crippen molar-refractivity contribution in [3.63, 3.8) is 0 Å². The van der Waals surface area contributed by atoms with E-state index in [0.717, 1.165) is 26.7 Å². The van der Waals surface area contributed by atoms with Gasteiger partial charge in [-0.05, 0) is 41.0 Å². The Hall–Kier alpha value is -2.06. The Morgan fingerprint density at radius 1 is 1.17 bits per heavy atom. The molecule has 0 fully saturated rings. The van der Waals surface area contributed by atoms with Gasteiger partial charge in [-0.3, -0.25) is 0 Å². The number of hydrogen-bond acceptors (Lipinski definition) is 4. The molecule has 4 rings (SSSR count). The molecule has 150 valence electrons. The van der Waals surface area contributed by atoms with Crippen LogP contribution >= 0.6 is 27.5 Å². The summed E-state index contributed by atoms with van der Waals surface area (Å²) < 4.78 is 36.0. The molecular weight excluding hydrogens is 478 g/mol. The Balaban J connectivity index is 1.95. The molecule has 0 saturated carbocycles. The number of fused-ring (bicyclic) bond motifs is 3. The molecule has 0 spiro atoms. The van der Waals surface area contributed by atoms with Crippen molar-refractivity contribution in [3.8, 4) is 22.6 Å². The van der Waals surface area contributed by atoms with Gasteiger partial charge in [-0.2, -0.15) is 0 Å². The molecule has 1 atom stereocenters. The van der Waals surface area contributed by atoms with E-state index in [1.807, 2.05) is 42.5 Å². The normalized spacial score (nSPS) is 15.2. The van der Waals surface area contributed by atoms with E-state index >= 15 is 0 Å². The zero-order chi connectivity index (χ0) is 20.8. The van der Waals surface area contributed by atoms with Gasteiger partial charge in [0.15, 0.2) is 0 Å². The van der Waals surface area contributed by atoms with Crippen LogP contribution in [-0.4, -0.2) is 15.5 Å². The molecule has 0 aromatic heterocycles. The van der Waals surface area contributed by atoms with Crippen LogP contribution in [0.2, 0.25) is 5.02 Å². The first-order chi connectivity index (χ1) is 13.7. The molecule has 0 saturated heterocycles. The van der Waals surface area contributed by atoms with Gasteiger partial charge in [0.05, 0.1) is 18.4 Å². The van der Waals surface area contributed by atoms with Crippen molar-refractivity contribution >= 4 is 37.6 Å². The largest absolute Gasteiger partial charge is 0.496 e. The third-order valence-electron chi connectivity index (χ3n) is 4.68. The lowest BCUT2D eigenvalue weighted by Gasteiger charge is -2.31. The average molecular weight is 495 g/mol. The molecule has 0 bridgehead atoms. The summed E-state index contributed by atoms with van der Waals surface area (Å²) in [6.07, 6.45) is -0.462. The van der Waals surface area contributed by atoms with Gasteiger partial charge in [-0.25, -0.2) is 13.6 Å². The quantitative estimate of drug-likeness (QED) is 0.550. The number of rotatable bonds is 4. The van der Waals surface area contributed by atoms with Gasteiger partial charge in [0, 0.05) is 15.1 Å². The molecule has 0 radical (unpaired) electrons. The van der Waals surface area contributed by atoms with Gasteiger partial charge in [0.2, 0.25) is 10.0 Å². The van der Waals surface area contributed by atoms with Gasteiger partial charge in [0.1, 0.15) is 17.6 Å². The van der Waals surface area contributed by atoms with Crippen molar-refractivity contribution in [2.45, 2.75) is 11.9 Å². The third kappa shape index (κ3) is 4.14. The number of nitrogens with two attached hydrogens (primary N) is 1. The first-order valence-corrected chi connectivity index (χ1v) is 11.6. The van der Waals surface area contributed by atoms with Crippen LogP contribution in [0.3, 0.4) is 0 Å². The highest BCUT2D eigenvalue weighted by Crippen LogP contribution is 2.50. The van der Waals surface area contributed by atoms with Gasteiger partial charge in [-0.1, -0.05) is 57.9 Å². The molecule has 1 aliphatic rings. The van der Waals surface area contributed by atoms with Crippen LogP contribution in [0.15, 0.2) is 59.1 Å². The predicted octanol–water partition coefficient (Wildman–Crippen LogP) is 5.05. The van der Waals surface area contributed by atoms with Crippen molar-refractivity contribution in [1.29, 1.82) is 0 Å². The highest BCUT2D eigenvalue weighted by Gasteiger charge is 2.31. The summed E-state index contributed by atoms with van der Waals surface area (Å²) >= 11 is 9.70. The molecule has 2 N–H and O–H groups in total. The van der Waals surface area contributed by atoms with Gasteiger partial charge in [-0.15, -0.1) is 0 Å². The van der Waals surface area contributed by atoms with Crippen molar-refractivity contribution in [3.05, 3.63) is 80.8 Å². The summed E-state index contributed by atoms with van der Waals surface area (Å²) in [4.78, 5) is 0. The minimum absolute atomic E-state index is 0.257. The second-order valence-electron chi connectivity index (χ2n) is 6.76. The molecule has 29 heavy (non-hydrogen) atoms. The van der Waals surface area contributed by atoms with E-state index in [0.29, 0.717) is 22.1 Å². The zero-order valence-electron chi connectivity index (χ0n) is 15.4. The summed E-state index contributed by atoms with van der Waals surface area (Å²) in [6.45, 7) is 0. The fourth-order valence-corrected chi connectivity index (χ4v) is 4.82. The number of ether oxygens (including phenoxy) is 2. The molecule has 5 nitrogen and oxygen atoms in total. The molecule has 1 aliphatic heterocycles. The van der Waals surface area contributed by atoms with E-state index in [1.54, 1.807) is 19.2 Å². The number of sulfonamides is 1. The minimum atomic E-state index is -3.66. The third-order valence-corrected chi connectivity index (χ3v) is 6.11. The Bertz CT molecular complexity index is 1210. The maximum Gasteiger partial charge on any atom is 0.213 e. The van der Waals surface area contributed by atoms with Gasteiger partial charge in [0.25, 0.3) is 0 Å². The second kappa shape index (κ2) is 7.65. The van der Waals surface area contributed by atoms with Crippen LogP contribution in [0.5, 0.6) is 11.5 Å². The molecule has 1 unspecified atom stereocenters. The van der Waals surface area contributed by atoms with Crippen LogP contribution in [0.1, 0.15) is 22.8 Å². The monoisotopic (exact) mass is 493 g/mol. The zero-order valence-corrected chi connectivity index (χ0v) is 18.5. The van der Waals surface area contributed by atoms with E-state index in [-0.39, 0.29) is 5.75 Å². The Kier molecular flexibility index (Phi) is 5.33. The number of hydrogen-bond donors (Lipinski definition) is 1. The summed E-state index contributed by atoms with van der Waals surface area (Å²) in [7, 11) is -2.07. The number of methoxy groups -OCH3 is 1. The van der Waals surface area contributed by atoms with E-state index in [4.69, 9.17) is 26.2 Å². The Morgan fingerprint density at radius 2 is 1.97 bits per heavy atom. The van der Waals surface area contributed by atoms with Crippen LogP contribution in [-0.2, 0) is 15.8 Å². The van der Waals surface area contributed by atoms with Gasteiger partial charge >= 0.3 is 0 Å². The highest BCUT2D eigenvalue weighted by molar-refractivity contribution is 9.10. The standard InChI is InChI=1S/C21H17BrClNO4S/c1-27-18-9-14(22)10-19-20(18)16-6-5-12(11-29(24,25)26)7-17(16)21(28-19)13-3-2-4-15(23)8-13/h2-10,21H,11H2,1H3,(H2,24,25,26). The second-order valence-corrected chi connectivity index (χ2v) is 9.73. The van der Waals surface area contributed by atoms with E-state index in [1.165, 1.54) is 0 Å². The maximum atomic E-state index is 11.6. The lowest BCUT2D eigenvalue weighted by atomic mass is 9.88. The summed E-state index contributed by atoms with van der Waals surface area (Å²) in [5, 5.41) is 5.84. The van der Waals surface area contributed by atoms with E-state index < -0.39 is 16.1 Å². The fourth-order valence-electron chi connectivity index (χ4n) is 3.56. The molecule has 3 aromatic carbocycles. The summed E-state index contributed by atoms with van der Waals surface area (Å²) in [6, 6.07) is 16.6. The maximum absolute atomic E-state index is 11.6. The number of halogens is 2. The van der Waals surface area contributed by atoms with Crippen LogP contribution < -0.4 is 14.6 Å². The first kappa shape index (κ1) is 20.2. The van der Waals surface area contributed by atoms with Crippen molar-refractivity contribution in [2.75, 3.05) is 7.11 Å². The van der Waals surface area contributed by atoms with Crippen LogP contribution in [0.4, 0.5) is 0 Å². The molecule has 0 amide bonds. The SMILES string of the molecule is COc1cc(Br)cc2c1-c1ccc(CS(N)(=O)=O)cc1C(c1cccc(Cl)c1)O2. The molecule has 1 heterocycles. The molecule has 8 heteroatoms. The lowest BCUT2D eigenvalue weighted by molar-refractivity contribution is 0.242. The first-order valence-electron chi connectivity index (χ1n) is 8.68. The molecule has 3 aromatic rings. The van der Waals surface area contributed by atoms with Crippen LogP contribution in [0.25, 0.3) is 11.1 Å². The lowest BCUT2D eigenvalue weighted by Crippen LogP contribution is -2.18. The number of benzene rings is 3. The van der Waals surface area contributed by atoms with E-state index in [2.05, 4.69) is 15.9 Å². The van der Waals surface area contributed by atoms with Crippen molar-refractivity contribution in [2.24, 2.45) is 5.14 Å². The topological polar surface area (TPSA) is 78.6 Å².